The van der Waals surface area contributed by atoms with E-state index in [0.29, 0.717) is 24.5 Å². The third kappa shape index (κ3) is 5.79. The van der Waals surface area contributed by atoms with Gasteiger partial charge >= 0.3 is 0 Å². The third-order valence-corrected chi connectivity index (χ3v) is 8.83. The summed E-state index contributed by atoms with van der Waals surface area (Å²) in [6, 6.07) is 15.9. The number of anilines is 1. The summed E-state index contributed by atoms with van der Waals surface area (Å²) in [4.78, 5) is 12.1. The van der Waals surface area contributed by atoms with E-state index in [-0.39, 0.29) is 5.41 Å². The van der Waals surface area contributed by atoms with Gasteiger partial charge in [0.2, 0.25) is 10.0 Å². The predicted molar refractivity (Wildman–Crippen MR) is 146 cm³/mol. The molecule has 0 N–H and O–H groups in total. The number of benzene rings is 2. The molecule has 1 aliphatic rings. The van der Waals surface area contributed by atoms with Crippen molar-refractivity contribution in [1.82, 2.24) is 14.3 Å². The zero-order valence-electron chi connectivity index (χ0n) is 22.4. The molecule has 0 saturated carbocycles. The maximum atomic E-state index is 13.5. The Balaban J connectivity index is 1.56. The first-order valence-corrected chi connectivity index (χ1v) is 14.1. The first-order chi connectivity index (χ1) is 16.9. The first-order valence-electron chi connectivity index (χ1n) is 12.7. The molecule has 2 aromatic carbocycles. The van der Waals surface area contributed by atoms with Crippen LogP contribution in [-0.2, 0) is 21.9 Å². The fourth-order valence-corrected chi connectivity index (χ4v) is 6.19. The minimum absolute atomic E-state index is 0.0184. The SMILES string of the molecule is Cc1ccc(Cc2c(C)nc(C)nc2N2CCCN(S(=O)(=O)c3ccc(C(C)(C)C)cc3)CC2)cc1. The summed E-state index contributed by atoms with van der Waals surface area (Å²) in [6.45, 7) is 14.7. The van der Waals surface area contributed by atoms with Gasteiger partial charge in [-0.25, -0.2) is 18.4 Å². The van der Waals surface area contributed by atoms with Gasteiger partial charge in [-0.05, 0) is 55.9 Å². The van der Waals surface area contributed by atoms with E-state index in [1.165, 1.54) is 11.1 Å². The predicted octanol–water partition coefficient (Wildman–Crippen LogP) is 5.19. The van der Waals surface area contributed by atoms with Gasteiger partial charge in [-0.3, -0.25) is 0 Å². The highest BCUT2D eigenvalue weighted by Gasteiger charge is 2.29. The van der Waals surface area contributed by atoms with Gasteiger partial charge in [0.1, 0.15) is 11.6 Å². The molecule has 0 spiro atoms. The molecule has 1 fully saturated rings. The number of sulfonamides is 1. The van der Waals surface area contributed by atoms with Gasteiger partial charge in [0.05, 0.1) is 4.90 Å². The highest BCUT2D eigenvalue weighted by atomic mass is 32.2. The van der Waals surface area contributed by atoms with Crippen LogP contribution < -0.4 is 4.90 Å². The van der Waals surface area contributed by atoms with E-state index in [9.17, 15) is 8.42 Å². The molecule has 36 heavy (non-hydrogen) atoms. The Hall–Kier alpha value is -2.77. The van der Waals surface area contributed by atoms with Crippen LogP contribution in [0.1, 0.15) is 61.0 Å². The average Bonchev–Trinajstić information content (AvgIpc) is 3.08. The molecule has 1 aliphatic heterocycles. The summed E-state index contributed by atoms with van der Waals surface area (Å²) >= 11 is 0. The molecule has 0 aliphatic carbocycles. The van der Waals surface area contributed by atoms with Crippen LogP contribution in [0.5, 0.6) is 0 Å². The maximum Gasteiger partial charge on any atom is 0.243 e. The van der Waals surface area contributed by atoms with Crippen LogP contribution in [-0.4, -0.2) is 48.9 Å². The Bertz CT molecular complexity index is 1310. The molecular formula is C29H38N4O2S. The fraction of sp³-hybridized carbons (Fsp3) is 0.448. The van der Waals surface area contributed by atoms with Crippen LogP contribution in [0.25, 0.3) is 0 Å². The number of aryl methyl sites for hydroxylation is 3. The Kier molecular flexibility index (Phi) is 7.53. The molecule has 192 valence electrons. The number of hydrogen-bond acceptors (Lipinski definition) is 5. The van der Waals surface area contributed by atoms with E-state index in [1.807, 2.05) is 26.0 Å². The summed E-state index contributed by atoms with van der Waals surface area (Å²) in [5.41, 5.74) is 5.64. The van der Waals surface area contributed by atoms with Gasteiger partial charge in [0.15, 0.2) is 0 Å². The molecule has 6 nitrogen and oxygen atoms in total. The van der Waals surface area contributed by atoms with Gasteiger partial charge in [0.25, 0.3) is 0 Å². The van der Waals surface area contributed by atoms with Crippen molar-refractivity contribution in [3.8, 4) is 0 Å². The number of hydrogen-bond donors (Lipinski definition) is 0. The molecule has 0 atom stereocenters. The number of rotatable bonds is 5. The summed E-state index contributed by atoms with van der Waals surface area (Å²) in [6.07, 6.45) is 1.49. The first kappa shape index (κ1) is 26.3. The lowest BCUT2D eigenvalue weighted by molar-refractivity contribution is 0.433. The standard InChI is InChI=1S/C29H38N4O2S/c1-21-8-10-24(11-9-21)20-27-22(2)30-23(3)31-28(27)32-16-7-17-33(19-18-32)36(34,35)26-14-12-25(13-15-26)29(4,5)6/h8-15H,7,16-20H2,1-6H3. The molecule has 4 rings (SSSR count). The smallest absolute Gasteiger partial charge is 0.243 e. The van der Waals surface area contributed by atoms with Crippen molar-refractivity contribution in [1.29, 1.82) is 0 Å². The average molecular weight is 507 g/mol. The van der Waals surface area contributed by atoms with E-state index >= 15 is 0 Å². The molecular weight excluding hydrogens is 468 g/mol. The molecule has 0 amide bonds. The van der Waals surface area contributed by atoms with Crippen LogP contribution in [0.15, 0.2) is 53.4 Å². The molecule has 2 heterocycles. The lowest BCUT2D eigenvalue weighted by Gasteiger charge is -2.26. The zero-order valence-corrected chi connectivity index (χ0v) is 23.2. The Labute approximate surface area is 216 Å². The summed E-state index contributed by atoms with van der Waals surface area (Å²) < 4.78 is 28.6. The summed E-state index contributed by atoms with van der Waals surface area (Å²) in [5, 5.41) is 0. The molecule has 3 aromatic rings. The monoisotopic (exact) mass is 506 g/mol. The third-order valence-electron chi connectivity index (χ3n) is 6.92. The van der Waals surface area contributed by atoms with E-state index in [4.69, 9.17) is 4.98 Å². The minimum atomic E-state index is -3.56. The van der Waals surface area contributed by atoms with Gasteiger partial charge < -0.3 is 4.90 Å². The van der Waals surface area contributed by atoms with Crippen molar-refractivity contribution >= 4 is 15.8 Å². The van der Waals surface area contributed by atoms with Crippen LogP contribution in [0.4, 0.5) is 5.82 Å². The minimum Gasteiger partial charge on any atom is -0.355 e. The van der Waals surface area contributed by atoms with Crippen LogP contribution in [0.3, 0.4) is 0 Å². The number of aromatic nitrogens is 2. The second-order valence-electron chi connectivity index (χ2n) is 10.8. The van der Waals surface area contributed by atoms with Crippen molar-refractivity contribution in [2.75, 3.05) is 31.1 Å². The zero-order chi connectivity index (χ0) is 26.1. The quantitative estimate of drug-likeness (QED) is 0.476. The Morgan fingerprint density at radius 3 is 2.14 bits per heavy atom. The largest absolute Gasteiger partial charge is 0.355 e. The van der Waals surface area contributed by atoms with Crippen LogP contribution in [0.2, 0.25) is 0 Å². The molecule has 0 radical (unpaired) electrons. The summed E-state index contributed by atoms with van der Waals surface area (Å²) in [5.74, 6) is 1.66. The second-order valence-corrected chi connectivity index (χ2v) is 12.8. The van der Waals surface area contributed by atoms with Crippen LogP contribution in [0, 0.1) is 20.8 Å². The molecule has 1 saturated heterocycles. The van der Waals surface area contributed by atoms with Crippen molar-refractivity contribution in [2.45, 2.75) is 64.7 Å². The van der Waals surface area contributed by atoms with Crippen molar-refractivity contribution < 1.29 is 8.42 Å². The van der Waals surface area contributed by atoms with E-state index in [0.717, 1.165) is 47.8 Å². The van der Waals surface area contributed by atoms with Crippen molar-refractivity contribution in [2.24, 2.45) is 0 Å². The van der Waals surface area contributed by atoms with Gasteiger partial charge in [-0.2, -0.15) is 4.31 Å². The Morgan fingerprint density at radius 2 is 1.50 bits per heavy atom. The highest BCUT2D eigenvalue weighted by molar-refractivity contribution is 7.89. The van der Waals surface area contributed by atoms with E-state index < -0.39 is 10.0 Å². The van der Waals surface area contributed by atoms with Crippen molar-refractivity contribution in [3.05, 3.63) is 82.3 Å². The fourth-order valence-electron chi connectivity index (χ4n) is 4.72. The van der Waals surface area contributed by atoms with Gasteiger partial charge in [-0.15, -0.1) is 0 Å². The van der Waals surface area contributed by atoms with E-state index in [1.54, 1.807) is 16.4 Å². The molecule has 0 unspecified atom stereocenters. The maximum absolute atomic E-state index is 13.5. The second kappa shape index (κ2) is 10.3. The number of nitrogens with zero attached hydrogens (tertiary/aromatic N) is 4. The Morgan fingerprint density at radius 1 is 0.833 bits per heavy atom. The van der Waals surface area contributed by atoms with Crippen LogP contribution >= 0.6 is 0 Å². The summed E-state index contributed by atoms with van der Waals surface area (Å²) in [7, 11) is -3.56. The highest BCUT2D eigenvalue weighted by Crippen LogP contribution is 2.28. The van der Waals surface area contributed by atoms with Gasteiger partial charge in [-0.1, -0.05) is 62.7 Å². The van der Waals surface area contributed by atoms with Gasteiger partial charge in [0, 0.05) is 43.9 Å². The molecule has 0 bridgehead atoms. The van der Waals surface area contributed by atoms with Crippen molar-refractivity contribution in [3.63, 3.8) is 0 Å². The lowest BCUT2D eigenvalue weighted by Crippen LogP contribution is -2.35. The normalized spacial score (nSPS) is 15.7. The molecule has 1 aromatic heterocycles. The van der Waals surface area contributed by atoms with E-state index in [2.05, 4.69) is 61.8 Å². The topological polar surface area (TPSA) is 66.4 Å². The lowest BCUT2D eigenvalue weighted by atomic mass is 9.87. The molecule has 7 heteroatoms.